The molecular formula is C30H27F. The molecule has 4 rings (SSSR count). The number of hydrogen-bond donors (Lipinski definition) is 0. The van der Waals surface area contributed by atoms with Gasteiger partial charge in [0.25, 0.3) is 0 Å². The molecule has 31 heavy (non-hydrogen) atoms. The molecule has 0 aliphatic rings. The fraction of sp³-hybridized carbons (Fsp3) is 0.200. The monoisotopic (exact) mass is 406 g/mol. The average molecular weight is 407 g/mol. The van der Waals surface area contributed by atoms with Crippen molar-refractivity contribution in [1.29, 1.82) is 0 Å². The zero-order valence-corrected chi connectivity index (χ0v) is 18.2. The van der Waals surface area contributed by atoms with E-state index in [9.17, 15) is 4.39 Å². The molecule has 154 valence electrons. The van der Waals surface area contributed by atoms with Gasteiger partial charge in [-0.1, -0.05) is 80.3 Å². The lowest BCUT2D eigenvalue weighted by atomic mass is 10.0. The maximum Gasteiger partial charge on any atom is 0.134 e. The Morgan fingerprint density at radius 3 is 1.84 bits per heavy atom. The molecule has 0 bridgehead atoms. The highest BCUT2D eigenvalue weighted by molar-refractivity contribution is 5.85. The Morgan fingerprint density at radius 1 is 0.613 bits per heavy atom. The van der Waals surface area contributed by atoms with Crippen LogP contribution < -0.4 is 0 Å². The summed E-state index contributed by atoms with van der Waals surface area (Å²) < 4.78 is 14.5. The van der Waals surface area contributed by atoms with Crippen LogP contribution in [-0.4, -0.2) is 0 Å². The van der Waals surface area contributed by atoms with E-state index in [2.05, 4.69) is 67.3 Å². The first-order valence-electron chi connectivity index (χ1n) is 11.1. The molecule has 0 unspecified atom stereocenters. The maximum absolute atomic E-state index is 14.5. The number of benzene rings is 4. The highest BCUT2D eigenvalue weighted by atomic mass is 19.1. The first-order valence-corrected chi connectivity index (χ1v) is 11.1. The van der Waals surface area contributed by atoms with Gasteiger partial charge in [0, 0.05) is 16.5 Å². The van der Waals surface area contributed by atoms with Gasteiger partial charge in [-0.3, -0.25) is 0 Å². The zero-order valence-electron chi connectivity index (χ0n) is 18.2. The molecule has 0 fully saturated rings. The largest absolute Gasteiger partial charge is 0.206 e. The third kappa shape index (κ3) is 5.04. The van der Waals surface area contributed by atoms with Crippen molar-refractivity contribution < 1.29 is 4.39 Å². The molecular weight excluding hydrogens is 379 g/mol. The Balaban J connectivity index is 1.43. The predicted molar refractivity (Wildman–Crippen MR) is 129 cm³/mol. The lowest BCUT2D eigenvalue weighted by Crippen LogP contribution is -1.92. The molecule has 4 aromatic carbocycles. The van der Waals surface area contributed by atoms with Crippen LogP contribution >= 0.6 is 0 Å². The highest BCUT2D eigenvalue weighted by Crippen LogP contribution is 2.22. The fourth-order valence-electron chi connectivity index (χ4n) is 3.82. The summed E-state index contributed by atoms with van der Waals surface area (Å²) in [5.41, 5.74) is 6.72. The van der Waals surface area contributed by atoms with Gasteiger partial charge in [-0.05, 0) is 77.6 Å². The SMILES string of the molecule is CCc1ccc(CCc2ccc(C#Cc3ccc4c(F)c(CC)ccc4c3)cc2)cc1. The summed E-state index contributed by atoms with van der Waals surface area (Å²) in [6.07, 6.45) is 3.85. The van der Waals surface area contributed by atoms with E-state index in [0.29, 0.717) is 11.8 Å². The number of aryl methyl sites for hydroxylation is 4. The van der Waals surface area contributed by atoms with Gasteiger partial charge < -0.3 is 0 Å². The van der Waals surface area contributed by atoms with Crippen molar-refractivity contribution in [1.82, 2.24) is 0 Å². The van der Waals surface area contributed by atoms with Crippen LogP contribution in [0.15, 0.2) is 78.9 Å². The predicted octanol–water partition coefficient (Wildman–Crippen LogP) is 7.29. The Kier molecular flexibility index (Phi) is 6.48. The van der Waals surface area contributed by atoms with E-state index in [1.807, 2.05) is 37.3 Å². The molecule has 4 aromatic rings. The first-order chi connectivity index (χ1) is 15.2. The van der Waals surface area contributed by atoms with Gasteiger partial charge in [-0.2, -0.15) is 0 Å². The molecule has 0 nitrogen and oxygen atoms in total. The van der Waals surface area contributed by atoms with Crippen molar-refractivity contribution in [2.24, 2.45) is 0 Å². The topological polar surface area (TPSA) is 0 Å². The molecule has 0 N–H and O–H groups in total. The number of fused-ring (bicyclic) bond motifs is 1. The van der Waals surface area contributed by atoms with E-state index < -0.39 is 0 Å². The Bertz CT molecular complexity index is 1240. The second kappa shape index (κ2) is 9.63. The summed E-state index contributed by atoms with van der Waals surface area (Å²) in [7, 11) is 0. The van der Waals surface area contributed by atoms with Crippen molar-refractivity contribution in [3.8, 4) is 11.8 Å². The molecule has 0 aromatic heterocycles. The molecule has 1 heteroatoms. The van der Waals surface area contributed by atoms with Crippen LogP contribution in [0.5, 0.6) is 0 Å². The normalized spacial score (nSPS) is 10.7. The van der Waals surface area contributed by atoms with Gasteiger partial charge in [0.05, 0.1) is 0 Å². The van der Waals surface area contributed by atoms with Crippen molar-refractivity contribution in [2.75, 3.05) is 0 Å². The van der Waals surface area contributed by atoms with Gasteiger partial charge in [-0.25, -0.2) is 4.39 Å². The van der Waals surface area contributed by atoms with E-state index in [1.54, 1.807) is 0 Å². The summed E-state index contributed by atoms with van der Waals surface area (Å²) in [6.45, 7) is 4.15. The maximum atomic E-state index is 14.5. The van der Waals surface area contributed by atoms with Crippen molar-refractivity contribution in [3.05, 3.63) is 118 Å². The second-order valence-electron chi connectivity index (χ2n) is 7.95. The number of hydrogen-bond acceptors (Lipinski definition) is 0. The van der Waals surface area contributed by atoms with Gasteiger partial charge in [0.1, 0.15) is 5.82 Å². The summed E-state index contributed by atoms with van der Waals surface area (Å²) in [5, 5.41) is 1.56. The van der Waals surface area contributed by atoms with Crippen LogP contribution in [0.2, 0.25) is 0 Å². The zero-order chi connectivity index (χ0) is 21.6. The van der Waals surface area contributed by atoms with Crippen LogP contribution in [-0.2, 0) is 25.7 Å². The van der Waals surface area contributed by atoms with Crippen molar-refractivity contribution >= 4 is 10.8 Å². The lowest BCUT2D eigenvalue weighted by Gasteiger charge is -2.05. The minimum absolute atomic E-state index is 0.114. The average Bonchev–Trinajstić information content (AvgIpc) is 2.82. The van der Waals surface area contributed by atoms with Gasteiger partial charge in [0.15, 0.2) is 0 Å². The molecule has 0 radical (unpaired) electrons. The van der Waals surface area contributed by atoms with E-state index in [4.69, 9.17) is 0 Å². The Labute approximate surface area is 184 Å². The smallest absolute Gasteiger partial charge is 0.134 e. The summed E-state index contributed by atoms with van der Waals surface area (Å²) in [5.74, 6) is 6.34. The molecule has 0 saturated carbocycles. The van der Waals surface area contributed by atoms with Gasteiger partial charge in [-0.15, -0.1) is 0 Å². The molecule has 0 aliphatic carbocycles. The minimum atomic E-state index is -0.114. The van der Waals surface area contributed by atoms with Crippen molar-refractivity contribution in [2.45, 2.75) is 39.5 Å². The van der Waals surface area contributed by atoms with Crippen LogP contribution in [0.3, 0.4) is 0 Å². The Morgan fingerprint density at radius 2 is 1.19 bits per heavy atom. The summed E-state index contributed by atoms with van der Waals surface area (Å²) in [4.78, 5) is 0. The van der Waals surface area contributed by atoms with E-state index in [1.165, 1.54) is 16.7 Å². The molecule has 0 aliphatic heterocycles. The number of rotatable bonds is 5. The van der Waals surface area contributed by atoms with Gasteiger partial charge in [0.2, 0.25) is 0 Å². The van der Waals surface area contributed by atoms with E-state index >= 15 is 0 Å². The van der Waals surface area contributed by atoms with Crippen LogP contribution in [0.25, 0.3) is 10.8 Å². The van der Waals surface area contributed by atoms with E-state index in [0.717, 1.165) is 41.3 Å². The van der Waals surface area contributed by atoms with Crippen molar-refractivity contribution in [3.63, 3.8) is 0 Å². The molecule has 0 heterocycles. The summed E-state index contributed by atoms with van der Waals surface area (Å²) in [6, 6.07) is 26.9. The first kappa shape index (κ1) is 20.9. The van der Waals surface area contributed by atoms with Gasteiger partial charge >= 0.3 is 0 Å². The van der Waals surface area contributed by atoms with Crippen LogP contribution in [0.1, 0.15) is 47.2 Å². The lowest BCUT2D eigenvalue weighted by molar-refractivity contribution is 0.624. The molecule has 0 atom stereocenters. The quantitative estimate of drug-likeness (QED) is 0.305. The van der Waals surface area contributed by atoms with Crippen LogP contribution in [0.4, 0.5) is 4.39 Å². The Hall–Kier alpha value is -3.37. The highest BCUT2D eigenvalue weighted by Gasteiger charge is 2.06. The van der Waals surface area contributed by atoms with Crippen LogP contribution in [0, 0.1) is 17.7 Å². The summed E-state index contributed by atoms with van der Waals surface area (Å²) >= 11 is 0. The number of halogens is 1. The minimum Gasteiger partial charge on any atom is -0.206 e. The molecule has 0 saturated heterocycles. The fourth-order valence-corrected chi connectivity index (χ4v) is 3.82. The second-order valence-corrected chi connectivity index (χ2v) is 7.95. The standard InChI is InChI=1S/C30H27F/c1-3-22-5-7-23(8-6-22)9-10-24-11-13-25(14-12-24)15-16-26-17-20-29-28(21-26)19-18-27(4-2)30(29)31/h5-8,11-14,17-21H,3-4,9-10H2,1-2H3. The van der Waals surface area contributed by atoms with E-state index in [-0.39, 0.29) is 5.82 Å². The third-order valence-corrected chi connectivity index (χ3v) is 5.85. The molecule has 0 amide bonds. The molecule has 0 spiro atoms. The third-order valence-electron chi connectivity index (χ3n) is 5.85.